The van der Waals surface area contributed by atoms with Crippen LogP contribution in [0.25, 0.3) is 0 Å². The molecule has 5 nitrogen and oxygen atoms in total. The fraction of sp³-hybridized carbons (Fsp3) is 0.579. The molecule has 1 aromatic rings. The van der Waals surface area contributed by atoms with Crippen LogP contribution in [-0.4, -0.2) is 60.9 Å². The van der Waals surface area contributed by atoms with Crippen LogP contribution in [0, 0.1) is 5.92 Å². The van der Waals surface area contributed by atoms with Gasteiger partial charge >= 0.3 is 0 Å². The van der Waals surface area contributed by atoms with Crippen LogP contribution in [0.1, 0.15) is 24.8 Å². The van der Waals surface area contributed by atoms with E-state index in [0.717, 1.165) is 32.4 Å². The van der Waals surface area contributed by atoms with E-state index in [9.17, 15) is 9.59 Å². The van der Waals surface area contributed by atoms with E-state index in [-0.39, 0.29) is 23.8 Å². The van der Waals surface area contributed by atoms with Crippen LogP contribution in [0.2, 0.25) is 0 Å². The van der Waals surface area contributed by atoms with Gasteiger partial charge in [0.15, 0.2) is 0 Å². The third-order valence-corrected chi connectivity index (χ3v) is 5.07. The number of carbonyl (C=O) groups excluding carboxylic acids is 2. The summed E-state index contributed by atoms with van der Waals surface area (Å²) in [6, 6.07) is 10.4. The molecule has 5 heteroatoms. The largest absolute Gasteiger partial charge is 0.352 e. The number of likely N-dealkylation sites (tertiary alicyclic amines) is 2. The van der Waals surface area contributed by atoms with Crippen LogP contribution in [0.15, 0.2) is 30.3 Å². The Labute approximate surface area is 144 Å². The van der Waals surface area contributed by atoms with Crippen molar-refractivity contribution in [2.24, 2.45) is 5.92 Å². The zero-order valence-corrected chi connectivity index (χ0v) is 14.4. The zero-order valence-electron chi connectivity index (χ0n) is 14.4. The van der Waals surface area contributed by atoms with Gasteiger partial charge in [0.1, 0.15) is 0 Å². The first kappa shape index (κ1) is 17.0. The van der Waals surface area contributed by atoms with Crippen molar-refractivity contribution in [3.05, 3.63) is 35.9 Å². The van der Waals surface area contributed by atoms with Gasteiger partial charge in [-0.1, -0.05) is 30.3 Å². The number of hydrogen-bond donors (Lipinski definition) is 1. The molecule has 3 rings (SSSR count). The van der Waals surface area contributed by atoms with Crippen LogP contribution in [0.5, 0.6) is 0 Å². The number of amides is 2. The van der Waals surface area contributed by atoms with Gasteiger partial charge in [0.05, 0.1) is 5.92 Å². The predicted octanol–water partition coefficient (Wildman–Crippen LogP) is 1.29. The minimum atomic E-state index is -0.194. The summed E-state index contributed by atoms with van der Waals surface area (Å²) in [7, 11) is 2.09. The normalized spacial score (nSPS) is 25.0. The third kappa shape index (κ3) is 4.35. The Morgan fingerprint density at radius 2 is 2.04 bits per heavy atom. The molecule has 0 unspecified atom stereocenters. The molecule has 2 heterocycles. The van der Waals surface area contributed by atoms with Gasteiger partial charge in [-0.05, 0) is 38.4 Å². The number of hydrogen-bond acceptors (Lipinski definition) is 3. The lowest BCUT2D eigenvalue weighted by molar-refractivity contribution is -0.129. The molecule has 24 heavy (non-hydrogen) atoms. The van der Waals surface area contributed by atoms with Crippen molar-refractivity contribution in [1.82, 2.24) is 15.1 Å². The SMILES string of the molecule is CN1CCC[C@@H](NC(=O)[C@H]2CC(=O)N(CCc3ccccc3)C2)C1. The Morgan fingerprint density at radius 3 is 2.79 bits per heavy atom. The van der Waals surface area contributed by atoms with Crippen molar-refractivity contribution >= 4 is 11.8 Å². The Bertz CT molecular complexity index is 575. The van der Waals surface area contributed by atoms with E-state index in [1.807, 2.05) is 23.1 Å². The van der Waals surface area contributed by atoms with Crippen LogP contribution in [-0.2, 0) is 16.0 Å². The summed E-state index contributed by atoms with van der Waals surface area (Å²) in [5.41, 5.74) is 1.23. The molecule has 2 fully saturated rings. The van der Waals surface area contributed by atoms with E-state index in [2.05, 4.69) is 29.4 Å². The van der Waals surface area contributed by atoms with Crippen molar-refractivity contribution in [1.29, 1.82) is 0 Å². The van der Waals surface area contributed by atoms with Gasteiger partial charge in [-0.2, -0.15) is 0 Å². The van der Waals surface area contributed by atoms with Crippen molar-refractivity contribution in [3.8, 4) is 0 Å². The molecule has 2 aliphatic rings. The van der Waals surface area contributed by atoms with Gasteiger partial charge in [-0.15, -0.1) is 0 Å². The first-order valence-electron chi connectivity index (χ1n) is 8.92. The van der Waals surface area contributed by atoms with Crippen LogP contribution in [0.3, 0.4) is 0 Å². The molecular formula is C19H27N3O2. The molecule has 1 aromatic carbocycles. The summed E-state index contributed by atoms with van der Waals surface area (Å²) in [5.74, 6) is -0.0433. The smallest absolute Gasteiger partial charge is 0.225 e. The van der Waals surface area contributed by atoms with Crippen molar-refractivity contribution < 1.29 is 9.59 Å². The first-order chi connectivity index (χ1) is 11.6. The molecule has 2 amide bonds. The third-order valence-electron chi connectivity index (χ3n) is 5.07. The van der Waals surface area contributed by atoms with Gasteiger partial charge in [-0.3, -0.25) is 9.59 Å². The molecule has 2 atom stereocenters. The number of carbonyl (C=O) groups is 2. The topological polar surface area (TPSA) is 52.7 Å². The number of piperidine rings is 1. The number of rotatable bonds is 5. The van der Waals surface area contributed by atoms with Crippen molar-refractivity contribution in [3.63, 3.8) is 0 Å². The maximum atomic E-state index is 12.5. The molecule has 0 bridgehead atoms. The number of nitrogens with one attached hydrogen (secondary N) is 1. The van der Waals surface area contributed by atoms with E-state index in [1.165, 1.54) is 5.56 Å². The molecule has 0 spiro atoms. The van der Waals surface area contributed by atoms with Crippen LogP contribution >= 0.6 is 0 Å². The molecule has 2 aliphatic heterocycles. The molecule has 0 aromatic heterocycles. The highest BCUT2D eigenvalue weighted by Crippen LogP contribution is 2.19. The lowest BCUT2D eigenvalue weighted by Gasteiger charge is -2.30. The number of nitrogens with zero attached hydrogens (tertiary/aromatic N) is 2. The second kappa shape index (κ2) is 7.79. The average Bonchev–Trinajstić information content (AvgIpc) is 2.95. The molecular weight excluding hydrogens is 302 g/mol. The van der Waals surface area contributed by atoms with E-state index < -0.39 is 0 Å². The minimum Gasteiger partial charge on any atom is -0.352 e. The highest BCUT2D eigenvalue weighted by Gasteiger charge is 2.35. The van der Waals surface area contributed by atoms with Crippen LogP contribution in [0.4, 0.5) is 0 Å². The van der Waals surface area contributed by atoms with Crippen LogP contribution < -0.4 is 5.32 Å². The monoisotopic (exact) mass is 329 g/mol. The second-order valence-electron chi connectivity index (χ2n) is 7.09. The van der Waals surface area contributed by atoms with E-state index in [0.29, 0.717) is 19.5 Å². The molecule has 0 radical (unpaired) electrons. The van der Waals surface area contributed by atoms with Gasteiger partial charge in [0.2, 0.25) is 11.8 Å². The Morgan fingerprint density at radius 1 is 1.25 bits per heavy atom. The maximum Gasteiger partial charge on any atom is 0.225 e. The Hall–Kier alpha value is -1.88. The second-order valence-corrected chi connectivity index (χ2v) is 7.09. The zero-order chi connectivity index (χ0) is 16.9. The summed E-state index contributed by atoms with van der Waals surface area (Å²) in [5, 5.41) is 3.15. The highest BCUT2D eigenvalue weighted by atomic mass is 16.2. The first-order valence-corrected chi connectivity index (χ1v) is 8.92. The van der Waals surface area contributed by atoms with E-state index in [1.54, 1.807) is 0 Å². The van der Waals surface area contributed by atoms with Gasteiger partial charge < -0.3 is 15.1 Å². The summed E-state index contributed by atoms with van der Waals surface area (Å²) in [4.78, 5) is 28.8. The fourth-order valence-corrected chi connectivity index (χ4v) is 3.68. The average molecular weight is 329 g/mol. The summed E-state index contributed by atoms with van der Waals surface area (Å²) < 4.78 is 0. The maximum absolute atomic E-state index is 12.5. The lowest BCUT2D eigenvalue weighted by Crippen LogP contribution is -2.48. The van der Waals surface area contributed by atoms with Gasteiger partial charge in [0, 0.05) is 32.1 Å². The predicted molar refractivity (Wildman–Crippen MR) is 93.5 cm³/mol. The molecule has 130 valence electrons. The van der Waals surface area contributed by atoms with Gasteiger partial charge in [0.25, 0.3) is 0 Å². The highest BCUT2D eigenvalue weighted by molar-refractivity contribution is 5.89. The summed E-state index contributed by atoms with van der Waals surface area (Å²) >= 11 is 0. The van der Waals surface area contributed by atoms with Gasteiger partial charge in [-0.25, -0.2) is 0 Å². The summed E-state index contributed by atoms with van der Waals surface area (Å²) in [6.45, 7) is 3.25. The van der Waals surface area contributed by atoms with Crippen molar-refractivity contribution in [2.75, 3.05) is 33.2 Å². The van der Waals surface area contributed by atoms with E-state index >= 15 is 0 Å². The number of benzene rings is 1. The van der Waals surface area contributed by atoms with Crippen molar-refractivity contribution in [2.45, 2.75) is 31.7 Å². The number of likely N-dealkylation sites (N-methyl/N-ethyl adjacent to an activating group) is 1. The molecule has 1 N–H and O–H groups in total. The molecule has 0 aliphatic carbocycles. The molecule has 2 saturated heterocycles. The standard InChI is InChI=1S/C19H27N3O2/c1-21-10-5-8-17(14-21)20-19(24)16-12-18(23)22(13-16)11-9-15-6-3-2-4-7-15/h2-4,6-7,16-17H,5,8-14H2,1H3,(H,20,24)/t16-,17+/m0/s1. The Kier molecular flexibility index (Phi) is 5.51. The fourth-order valence-electron chi connectivity index (χ4n) is 3.68. The Balaban J connectivity index is 1.47. The van der Waals surface area contributed by atoms with E-state index in [4.69, 9.17) is 0 Å². The molecule has 0 saturated carbocycles. The summed E-state index contributed by atoms with van der Waals surface area (Å²) in [6.07, 6.45) is 3.35. The quantitative estimate of drug-likeness (QED) is 0.886. The lowest BCUT2D eigenvalue weighted by atomic mass is 10.0. The minimum absolute atomic E-state index is 0.0471.